The van der Waals surface area contributed by atoms with E-state index in [-0.39, 0.29) is 55.7 Å². The first kappa shape index (κ1) is 32.2. The molecule has 11 heteroatoms. The van der Waals surface area contributed by atoms with E-state index < -0.39 is 11.7 Å². The van der Waals surface area contributed by atoms with Crippen LogP contribution < -0.4 is 5.32 Å². The molecular weight excluding hydrogens is 519 g/mol. The van der Waals surface area contributed by atoms with E-state index in [2.05, 4.69) is 26.2 Å². The van der Waals surface area contributed by atoms with Crippen LogP contribution in [-0.2, 0) is 25.6 Å². The number of hydrogen-bond acceptors (Lipinski definition) is 4. The monoisotopic (exact) mass is 548 g/mol. The summed E-state index contributed by atoms with van der Waals surface area (Å²) in [4.78, 5) is 9.41. The minimum Gasteiger partial charge on any atom is -0.311 e. The van der Waals surface area contributed by atoms with Gasteiger partial charge in [-0.1, -0.05) is 18.2 Å². The van der Waals surface area contributed by atoms with E-state index in [0.717, 1.165) is 64.2 Å². The van der Waals surface area contributed by atoms with Crippen LogP contribution in [0, 0.1) is 0 Å². The molecule has 1 saturated heterocycles. The first-order valence-corrected chi connectivity index (χ1v) is 10.2. The molecule has 2 aromatic rings. The molecular formula is C22H31Cl4F3N4. The predicted molar refractivity (Wildman–Crippen MR) is 136 cm³/mol. The van der Waals surface area contributed by atoms with Gasteiger partial charge < -0.3 is 5.32 Å². The van der Waals surface area contributed by atoms with E-state index in [4.69, 9.17) is 0 Å². The lowest BCUT2D eigenvalue weighted by Crippen LogP contribution is -2.53. The quantitative estimate of drug-likeness (QED) is 0.587. The van der Waals surface area contributed by atoms with Gasteiger partial charge in [-0.2, -0.15) is 13.2 Å². The largest absolute Gasteiger partial charge is 0.416 e. The van der Waals surface area contributed by atoms with Crippen molar-refractivity contribution >= 4 is 49.6 Å². The maximum absolute atomic E-state index is 12.7. The molecule has 1 aromatic heterocycles. The molecule has 0 amide bonds. The molecule has 1 atom stereocenters. The molecule has 188 valence electrons. The van der Waals surface area contributed by atoms with Gasteiger partial charge in [0.1, 0.15) is 0 Å². The number of benzene rings is 1. The second-order valence-electron chi connectivity index (χ2n) is 7.99. The van der Waals surface area contributed by atoms with Gasteiger partial charge >= 0.3 is 6.18 Å². The number of pyridine rings is 1. The third-order valence-corrected chi connectivity index (χ3v) is 5.88. The van der Waals surface area contributed by atoms with Crippen molar-refractivity contribution in [3.8, 4) is 0 Å². The smallest absolute Gasteiger partial charge is 0.311 e. The second kappa shape index (κ2) is 14.6. The minimum absolute atomic E-state index is 0. The Morgan fingerprint density at radius 1 is 0.939 bits per heavy atom. The topological polar surface area (TPSA) is 31.4 Å². The Morgan fingerprint density at radius 3 is 2.33 bits per heavy atom. The number of fused-ring (bicyclic) bond motifs is 1. The molecule has 4 rings (SSSR count). The van der Waals surface area contributed by atoms with Gasteiger partial charge in [0.25, 0.3) is 0 Å². The maximum atomic E-state index is 12.7. The van der Waals surface area contributed by atoms with Crippen molar-refractivity contribution in [2.24, 2.45) is 0 Å². The Bertz CT molecular complexity index is 824. The van der Waals surface area contributed by atoms with Crippen LogP contribution in [0.1, 0.15) is 22.4 Å². The number of halogens is 7. The van der Waals surface area contributed by atoms with E-state index in [0.29, 0.717) is 0 Å². The fourth-order valence-electron chi connectivity index (χ4n) is 4.25. The molecule has 33 heavy (non-hydrogen) atoms. The molecule has 0 unspecified atom stereocenters. The zero-order valence-corrected chi connectivity index (χ0v) is 21.4. The zero-order valence-electron chi connectivity index (χ0n) is 18.1. The third-order valence-electron chi connectivity index (χ3n) is 5.88. The molecule has 1 fully saturated rings. The van der Waals surface area contributed by atoms with Crippen LogP contribution in [0.4, 0.5) is 13.2 Å². The normalized spacial score (nSPS) is 18.6. The average molecular weight is 550 g/mol. The van der Waals surface area contributed by atoms with Crippen LogP contribution in [0.5, 0.6) is 0 Å². The molecule has 0 saturated carbocycles. The highest BCUT2D eigenvalue weighted by Crippen LogP contribution is 2.29. The van der Waals surface area contributed by atoms with Crippen molar-refractivity contribution in [1.82, 2.24) is 20.1 Å². The van der Waals surface area contributed by atoms with Gasteiger partial charge in [0, 0.05) is 70.2 Å². The molecule has 2 aliphatic heterocycles. The standard InChI is InChI=1S/C22H27F3N4.4ClH/c23-22(24,25)19-5-3-17(4-6-19)14-20-16-29(11-9-26-20)13-12-28-10-7-21-18(15-28)2-1-8-27-21;;;;/h1-6,8,20,26H,7,9-16H2;4*1H/t20-;;;;/m1..../s1. The lowest BCUT2D eigenvalue weighted by atomic mass is 10.0. The number of piperazine rings is 1. The number of nitrogens with one attached hydrogen (secondary N) is 1. The van der Waals surface area contributed by atoms with Crippen LogP contribution in [0.3, 0.4) is 0 Å². The summed E-state index contributed by atoms with van der Waals surface area (Å²) in [7, 11) is 0. The van der Waals surface area contributed by atoms with Gasteiger partial charge in [-0.25, -0.2) is 0 Å². The minimum atomic E-state index is -4.27. The average Bonchev–Trinajstić information content (AvgIpc) is 2.72. The van der Waals surface area contributed by atoms with Gasteiger partial charge in [0.15, 0.2) is 0 Å². The summed E-state index contributed by atoms with van der Waals surface area (Å²) in [5.41, 5.74) is 2.91. The first-order valence-electron chi connectivity index (χ1n) is 10.2. The fourth-order valence-corrected chi connectivity index (χ4v) is 4.25. The molecule has 3 heterocycles. The van der Waals surface area contributed by atoms with E-state index in [1.54, 1.807) is 12.1 Å². The van der Waals surface area contributed by atoms with E-state index >= 15 is 0 Å². The van der Waals surface area contributed by atoms with Crippen LogP contribution in [-0.4, -0.2) is 60.1 Å². The SMILES string of the molecule is Cl.Cl.Cl.Cl.FC(F)(F)c1ccc(C[C@@H]2CN(CCN3CCc4ncccc4C3)CCN2)cc1. The molecule has 0 aliphatic carbocycles. The van der Waals surface area contributed by atoms with Crippen molar-refractivity contribution in [1.29, 1.82) is 0 Å². The maximum Gasteiger partial charge on any atom is 0.416 e. The second-order valence-corrected chi connectivity index (χ2v) is 7.99. The number of nitrogens with zero attached hydrogens (tertiary/aromatic N) is 3. The number of aromatic nitrogens is 1. The van der Waals surface area contributed by atoms with Crippen molar-refractivity contribution in [3.05, 3.63) is 65.0 Å². The van der Waals surface area contributed by atoms with E-state index in [9.17, 15) is 13.2 Å². The van der Waals surface area contributed by atoms with Gasteiger partial charge in [-0.3, -0.25) is 14.8 Å². The van der Waals surface area contributed by atoms with Crippen LogP contribution in [0.2, 0.25) is 0 Å². The summed E-state index contributed by atoms with van der Waals surface area (Å²) in [6.45, 7) is 6.90. The summed E-state index contributed by atoms with van der Waals surface area (Å²) < 4.78 is 38.2. The molecule has 0 bridgehead atoms. The summed E-state index contributed by atoms with van der Waals surface area (Å²) in [5, 5.41) is 3.51. The van der Waals surface area contributed by atoms with Gasteiger partial charge in [-0.05, 0) is 35.7 Å². The third kappa shape index (κ3) is 9.06. The predicted octanol–water partition coefficient (Wildman–Crippen LogP) is 4.66. The van der Waals surface area contributed by atoms with E-state index in [1.807, 2.05) is 12.3 Å². The molecule has 1 aromatic carbocycles. The van der Waals surface area contributed by atoms with Crippen LogP contribution in [0.25, 0.3) is 0 Å². The highest BCUT2D eigenvalue weighted by molar-refractivity contribution is 5.86. The zero-order chi connectivity index (χ0) is 20.3. The van der Waals surface area contributed by atoms with E-state index in [1.165, 1.54) is 23.4 Å². The Kier molecular flexibility index (Phi) is 14.2. The Morgan fingerprint density at radius 2 is 1.64 bits per heavy atom. The summed E-state index contributed by atoms with van der Waals surface area (Å²) >= 11 is 0. The highest BCUT2D eigenvalue weighted by atomic mass is 35.5. The number of alkyl halides is 3. The van der Waals surface area contributed by atoms with Gasteiger partial charge in [-0.15, -0.1) is 49.6 Å². The van der Waals surface area contributed by atoms with Crippen molar-refractivity contribution in [2.45, 2.75) is 31.6 Å². The van der Waals surface area contributed by atoms with Gasteiger partial charge in [0.2, 0.25) is 0 Å². The lowest BCUT2D eigenvalue weighted by molar-refractivity contribution is -0.137. The van der Waals surface area contributed by atoms with Crippen LogP contribution in [0.15, 0.2) is 42.6 Å². The molecule has 0 radical (unpaired) electrons. The summed E-state index contributed by atoms with van der Waals surface area (Å²) in [5.74, 6) is 0. The number of hydrogen-bond donors (Lipinski definition) is 1. The fraction of sp³-hybridized carbons (Fsp3) is 0.500. The number of rotatable bonds is 5. The van der Waals surface area contributed by atoms with Crippen molar-refractivity contribution < 1.29 is 13.2 Å². The highest BCUT2D eigenvalue weighted by Gasteiger charge is 2.30. The van der Waals surface area contributed by atoms with Crippen molar-refractivity contribution in [2.75, 3.05) is 39.3 Å². The Balaban J connectivity index is 0.00000256. The Hall–Kier alpha value is -0.800. The van der Waals surface area contributed by atoms with Crippen LogP contribution >= 0.6 is 49.6 Å². The summed E-state index contributed by atoms with van der Waals surface area (Å²) in [6.07, 6.45) is -0.652. The molecule has 4 nitrogen and oxygen atoms in total. The van der Waals surface area contributed by atoms with Crippen molar-refractivity contribution in [3.63, 3.8) is 0 Å². The molecule has 0 spiro atoms. The first-order chi connectivity index (χ1) is 14.0. The summed E-state index contributed by atoms with van der Waals surface area (Å²) in [6, 6.07) is 10.00. The van der Waals surface area contributed by atoms with Gasteiger partial charge in [0.05, 0.1) is 5.56 Å². The lowest BCUT2D eigenvalue weighted by Gasteiger charge is -2.36. The Labute approximate surface area is 218 Å². The molecule has 1 N–H and O–H groups in total. The molecule has 2 aliphatic rings.